The van der Waals surface area contributed by atoms with Crippen molar-refractivity contribution in [2.24, 2.45) is 0 Å². The van der Waals surface area contributed by atoms with Gasteiger partial charge in [-0.25, -0.2) is 9.97 Å². The molecule has 0 amide bonds. The number of halogens is 1. The van der Waals surface area contributed by atoms with Gasteiger partial charge in [0.2, 0.25) is 5.95 Å². The number of nitrogens with zero attached hydrogens (tertiary/aromatic N) is 2. The molecule has 0 aliphatic rings. The highest BCUT2D eigenvalue weighted by atomic mass is 35.5. The summed E-state index contributed by atoms with van der Waals surface area (Å²) < 4.78 is 11.0. The second kappa shape index (κ2) is 7.69. The Balaban J connectivity index is 2.14. The smallest absolute Gasteiger partial charge is 0.227 e. The Morgan fingerprint density at radius 3 is 2.81 bits per heavy atom. The Labute approximate surface area is 129 Å². The zero-order valence-electron chi connectivity index (χ0n) is 12.1. The molecule has 0 atom stereocenters. The molecule has 0 aliphatic carbocycles. The first-order chi connectivity index (χ1) is 10.2. The second-order valence-electron chi connectivity index (χ2n) is 4.40. The summed E-state index contributed by atoms with van der Waals surface area (Å²) in [6.45, 7) is 2.46. The number of methoxy groups -OCH3 is 1. The van der Waals surface area contributed by atoms with Crippen molar-refractivity contribution >= 4 is 23.2 Å². The minimum atomic E-state index is 0.546. The molecule has 0 unspecified atom stereocenters. The molecule has 1 heterocycles. The van der Waals surface area contributed by atoms with E-state index >= 15 is 0 Å². The first-order valence-electron chi connectivity index (χ1n) is 6.66. The monoisotopic (exact) mass is 307 g/mol. The zero-order valence-corrected chi connectivity index (χ0v) is 12.9. The molecule has 2 rings (SSSR count). The molecule has 5 nitrogen and oxygen atoms in total. The maximum Gasteiger partial charge on any atom is 0.227 e. The number of benzene rings is 1. The van der Waals surface area contributed by atoms with Crippen LogP contribution in [0.4, 0.5) is 11.6 Å². The molecule has 0 saturated heterocycles. The van der Waals surface area contributed by atoms with E-state index < -0.39 is 0 Å². The van der Waals surface area contributed by atoms with Crippen LogP contribution in [0.3, 0.4) is 0 Å². The summed E-state index contributed by atoms with van der Waals surface area (Å²) in [7, 11) is 1.61. The molecular formula is C15H18ClN3O2. The van der Waals surface area contributed by atoms with Crippen molar-refractivity contribution in [1.29, 1.82) is 0 Å². The molecule has 112 valence electrons. The van der Waals surface area contributed by atoms with Gasteiger partial charge in [-0.3, -0.25) is 0 Å². The van der Waals surface area contributed by atoms with Crippen LogP contribution >= 0.6 is 11.6 Å². The maximum absolute atomic E-state index is 5.68. The summed E-state index contributed by atoms with van der Waals surface area (Å²) in [5, 5.41) is 3.14. The summed E-state index contributed by atoms with van der Waals surface area (Å²) in [4.78, 5) is 8.48. The Morgan fingerprint density at radius 1 is 1.24 bits per heavy atom. The van der Waals surface area contributed by atoms with Gasteiger partial charge >= 0.3 is 0 Å². The number of rotatable bonds is 7. The standard InChI is InChI=1S/C15H18ClN3O2/c1-11-6-8-17-15(18-11)19-12-4-5-13(20-2)14(10-12)21-9-3-7-16/h4-6,8,10H,3,7,9H2,1-2H3,(H,17,18,19). The number of aryl methyl sites for hydroxylation is 1. The van der Waals surface area contributed by atoms with E-state index in [9.17, 15) is 0 Å². The summed E-state index contributed by atoms with van der Waals surface area (Å²) in [6.07, 6.45) is 2.50. The highest BCUT2D eigenvalue weighted by Gasteiger charge is 2.07. The zero-order chi connectivity index (χ0) is 15.1. The predicted octanol–water partition coefficient (Wildman–Crippen LogP) is 3.54. The van der Waals surface area contributed by atoms with Crippen LogP contribution in [0.5, 0.6) is 11.5 Å². The number of hydrogen-bond donors (Lipinski definition) is 1. The molecule has 2 aromatic rings. The molecule has 0 saturated carbocycles. The lowest BCUT2D eigenvalue weighted by atomic mass is 10.2. The molecule has 0 bridgehead atoms. The van der Waals surface area contributed by atoms with E-state index in [0.717, 1.165) is 17.8 Å². The fourth-order valence-corrected chi connectivity index (χ4v) is 1.85. The average molecular weight is 308 g/mol. The van der Waals surface area contributed by atoms with E-state index in [2.05, 4.69) is 15.3 Å². The highest BCUT2D eigenvalue weighted by Crippen LogP contribution is 2.31. The number of alkyl halides is 1. The Bertz CT molecular complexity index is 593. The SMILES string of the molecule is COc1ccc(Nc2nccc(C)n2)cc1OCCCCl. The van der Waals surface area contributed by atoms with E-state index in [4.69, 9.17) is 21.1 Å². The number of nitrogens with one attached hydrogen (secondary N) is 1. The van der Waals surface area contributed by atoms with Crippen molar-refractivity contribution in [1.82, 2.24) is 9.97 Å². The number of hydrogen-bond acceptors (Lipinski definition) is 5. The first-order valence-corrected chi connectivity index (χ1v) is 7.20. The maximum atomic E-state index is 5.68. The van der Waals surface area contributed by atoms with Crippen LogP contribution in [0.2, 0.25) is 0 Å². The van der Waals surface area contributed by atoms with E-state index in [1.54, 1.807) is 13.3 Å². The van der Waals surface area contributed by atoms with Crippen molar-refractivity contribution in [2.45, 2.75) is 13.3 Å². The lowest BCUT2D eigenvalue weighted by Crippen LogP contribution is -2.02. The van der Waals surface area contributed by atoms with Crippen LogP contribution in [-0.2, 0) is 0 Å². The van der Waals surface area contributed by atoms with Crippen LogP contribution in [0, 0.1) is 6.92 Å². The van der Waals surface area contributed by atoms with Gasteiger partial charge in [-0.1, -0.05) is 0 Å². The van der Waals surface area contributed by atoms with Crippen molar-refractivity contribution in [3.63, 3.8) is 0 Å². The van der Waals surface area contributed by atoms with Gasteiger partial charge in [-0.2, -0.15) is 0 Å². The second-order valence-corrected chi connectivity index (χ2v) is 4.78. The van der Waals surface area contributed by atoms with Gasteiger partial charge < -0.3 is 14.8 Å². The molecule has 0 radical (unpaired) electrons. The number of ether oxygens (including phenoxy) is 2. The molecule has 0 aliphatic heterocycles. The molecule has 1 aromatic heterocycles. The number of anilines is 2. The average Bonchev–Trinajstić information content (AvgIpc) is 2.48. The summed E-state index contributed by atoms with van der Waals surface area (Å²) in [5.41, 5.74) is 1.74. The Hall–Kier alpha value is -2.01. The lowest BCUT2D eigenvalue weighted by Gasteiger charge is -2.12. The van der Waals surface area contributed by atoms with Gasteiger partial charge in [0, 0.05) is 29.5 Å². The Kier molecular flexibility index (Phi) is 5.63. The quantitative estimate of drug-likeness (QED) is 0.626. The van der Waals surface area contributed by atoms with Gasteiger partial charge in [0.1, 0.15) is 0 Å². The fraction of sp³-hybridized carbons (Fsp3) is 0.333. The summed E-state index contributed by atoms with van der Waals surface area (Å²) in [6, 6.07) is 7.44. The van der Waals surface area contributed by atoms with Crippen LogP contribution < -0.4 is 14.8 Å². The third-order valence-corrected chi connectivity index (χ3v) is 3.02. The van der Waals surface area contributed by atoms with E-state index in [1.807, 2.05) is 31.2 Å². The van der Waals surface area contributed by atoms with Crippen LogP contribution in [0.15, 0.2) is 30.5 Å². The normalized spacial score (nSPS) is 10.2. The molecule has 0 fully saturated rings. The molecule has 21 heavy (non-hydrogen) atoms. The Morgan fingerprint density at radius 2 is 2.10 bits per heavy atom. The minimum Gasteiger partial charge on any atom is -0.493 e. The largest absolute Gasteiger partial charge is 0.493 e. The van der Waals surface area contributed by atoms with Crippen LogP contribution in [-0.4, -0.2) is 29.6 Å². The summed E-state index contributed by atoms with van der Waals surface area (Å²) in [5.74, 6) is 2.46. The molecule has 1 N–H and O–H groups in total. The van der Waals surface area contributed by atoms with Crippen LogP contribution in [0.25, 0.3) is 0 Å². The van der Waals surface area contributed by atoms with Gasteiger partial charge in [-0.15, -0.1) is 11.6 Å². The molecule has 1 aromatic carbocycles. The van der Waals surface area contributed by atoms with E-state index in [-0.39, 0.29) is 0 Å². The van der Waals surface area contributed by atoms with Gasteiger partial charge in [-0.05, 0) is 31.5 Å². The van der Waals surface area contributed by atoms with Gasteiger partial charge in [0.15, 0.2) is 11.5 Å². The fourth-order valence-electron chi connectivity index (χ4n) is 1.74. The highest BCUT2D eigenvalue weighted by molar-refractivity contribution is 6.17. The lowest BCUT2D eigenvalue weighted by molar-refractivity contribution is 0.295. The molecule has 0 spiro atoms. The van der Waals surface area contributed by atoms with Crippen molar-refractivity contribution in [2.75, 3.05) is 24.9 Å². The topological polar surface area (TPSA) is 56.3 Å². The van der Waals surface area contributed by atoms with Crippen LogP contribution in [0.1, 0.15) is 12.1 Å². The summed E-state index contributed by atoms with van der Waals surface area (Å²) >= 11 is 5.65. The van der Waals surface area contributed by atoms with Gasteiger partial charge in [0.25, 0.3) is 0 Å². The molecule has 6 heteroatoms. The minimum absolute atomic E-state index is 0.546. The van der Waals surface area contributed by atoms with Gasteiger partial charge in [0.05, 0.1) is 13.7 Å². The van der Waals surface area contributed by atoms with E-state index in [1.165, 1.54) is 0 Å². The van der Waals surface area contributed by atoms with Crippen molar-refractivity contribution < 1.29 is 9.47 Å². The number of aromatic nitrogens is 2. The van der Waals surface area contributed by atoms with Crippen molar-refractivity contribution in [3.05, 3.63) is 36.2 Å². The van der Waals surface area contributed by atoms with E-state index in [0.29, 0.717) is 29.9 Å². The third kappa shape index (κ3) is 4.49. The van der Waals surface area contributed by atoms with Crippen molar-refractivity contribution in [3.8, 4) is 11.5 Å². The first kappa shape index (κ1) is 15.4. The predicted molar refractivity (Wildman–Crippen MR) is 83.9 cm³/mol. The third-order valence-electron chi connectivity index (χ3n) is 2.75. The molecular weight excluding hydrogens is 290 g/mol.